The lowest BCUT2D eigenvalue weighted by Gasteiger charge is -2.26. The predicted molar refractivity (Wildman–Crippen MR) is 119 cm³/mol. The van der Waals surface area contributed by atoms with E-state index in [0.29, 0.717) is 55.5 Å². The van der Waals surface area contributed by atoms with Crippen LogP contribution in [0.25, 0.3) is 16.7 Å². The van der Waals surface area contributed by atoms with Gasteiger partial charge in [0.15, 0.2) is 5.82 Å². The number of rotatable bonds is 5. The molecule has 166 valence electrons. The molecule has 1 fully saturated rings. The maximum absolute atomic E-state index is 12.9. The molecule has 2 aromatic heterocycles. The van der Waals surface area contributed by atoms with E-state index in [1.807, 2.05) is 22.6 Å². The maximum Gasteiger partial charge on any atom is 0.262 e. The van der Waals surface area contributed by atoms with Crippen molar-refractivity contribution in [2.24, 2.45) is 7.05 Å². The Hall–Kier alpha value is -3.28. The molecule has 5 rings (SSSR count). The lowest BCUT2D eigenvalue weighted by Crippen LogP contribution is -2.40. The Balaban J connectivity index is 1.46. The number of hydrogen-bond donors (Lipinski definition) is 1. The van der Waals surface area contributed by atoms with Crippen LogP contribution in [0.5, 0.6) is 0 Å². The van der Waals surface area contributed by atoms with Crippen LogP contribution in [0, 0.1) is 0 Å². The number of anilines is 1. The van der Waals surface area contributed by atoms with E-state index in [1.165, 1.54) is 8.87 Å². The molecule has 0 atom stereocenters. The van der Waals surface area contributed by atoms with Crippen LogP contribution in [0.2, 0.25) is 0 Å². The first kappa shape index (κ1) is 20.6. The van der Waals surface area contributed by atoms with Crippen LogP contribution >= 0.6 is 0 Å². The highest BCUT2D eigenvalue weighted by Gasteiger charge is 2.26. The number of nitrogens with zero attached hydrogens (tertiary/aromatic N) is 5. The summed E-state index contributed by atoms with van der Waals surface area (Å²) >= 11 is 0. The summed E-state index contributed by atoms with van der Waals surface area (Å²) in [6.45, 7) is 1.78. The van der Waals surface area contributed by atoms with E-state index in [2.05, 4.69) is 15.5 Å². The monoisotopic (exact) mass is 454 g/mol. The number of benzene rings is 2. The van der Waals surface area contributed by atoms with E-state index in [0.717, 1.165) is 5.52 Å². The third-order valence-corrected chi connectivity index (χ3v) is 7.48. The fourth-order valence-corrected chi connectivity index (χ4v) is 5.34. The maximum atomic E-state index is 12.9. The molecule has 1 saturated heterocycles. The molecule has 0 aliphatic carbocycles. The summed E-state index contributed by atoms with van der Waals surface area (Å²) < 4.78 is 35.9. The molecule has 3 heterocycles. The lowest BCUT2D eigenvalue weighted by atomic mass is 10.2. The van der Waals surface area contributed by atoms with Gasteiger partial charge < -0.3 is 10.1 Å². The average molecular weight is 455 g/mol. The number of nitrogens with one attached hydrogen (secondary N) is 1. The van der Waals surface area contributed by atoms with Crippen molar-refractivity contribution in [2.75, 3.05) is 31.6 Å². The van der Waals surface area contributed by atoms with Gasteiger partial charge in [0.05, 0.1) is 35.6 Å². The minimum Gasteiger partial charge on any atom is -0.379 e. The quantitative estimate of drug-likeness (QED) is 0.483. The minimum atomic E-state index is -3.59. The Morgan fingerprint density at radius 3 is 2.66 bits per heavy atom. The van der Waals surface area contributed by atoms with Crippen LogP contribution in [0.1, 0.15) is 5.82 Å². The standard InChI is InChI=1S/C21H22N6O4S/c1-25-20(28)17-7-2-3-8-18(17)27-19(23-24-21(25)27)14-22-15-5-4-6-16(13-15)32(29,30)26-9-11-31-12-10-26/h2-8,13,22H,9-12,14H2,1H3. The van der Waals surface area contributed by atoms with E-state index in [1.54, 1.807) is 37.4 Å². The van der Waals surface area contributed by atoms with Crippen molar-refractivity contribution in [3.63, 3.8) is 0 Å². The molecule has 1 aliphatic rings. The minimum absolute atomic E-state index is 0.138. The molecule has 1 aliphatic heterocycles. The first-order valence-electron chi connectivity index (χ1n) is 10.2. The first-order valence-corrected chi connectivity index (χ1v) is 11.6. The van der Waals surface area contributed by atoms with Gasteiger partial charge in [0.25, 0.3) is 5.56 Å². The van der Waals surface area contributed by atoms with Gasteiger partial charge in [0, 0.05) is 25.8 Å². The number of aryl methyl sites for hydroxylation is 1. The van der Waals surface area contributed by atoms with E-state index in [-0.39, 0.29) is 10.5 Å². The zero-order valence-electron chi connectivity index (χ0n) is 17.4. The summed E-state index contributed by atoms with van der Waals surface area (Å²) in [5.41, 5.74) is 1.22. The summed E-state index contributed by atoms with van der Waals surface area (Å²) in [5.74, 6) is 1.04. The molecule has 2 aromatic carbocycles. The fourth-order valence-electron chi connectivity index (χ4n) is 3.89. The number of para-hydroxylation sites is 1. The highest BCUT2D eigenvalue weighted by Crippen LogP contribution is 2.21. The summed E-state index contributed by atoms with van der Waals surface area (Å²) in [5, 5.41) is 12.2. The molecular weight excluding hydrogens is 432 g/mol. The molecule has 0 spiro atoms. The van der Waals surface area contributed by atoms with Crippen LogP contribution < -0.4 is 10.9 Å². The molecule has 0 amide bonds. The fraction of sp³-hybridized carbons (Fsp3) is 0.286. The van der Waals surface area contributed by atoms with Gasteiger partial charge in [-0.1, -0.05) is 18.2 Å². The van der Waals surface area contributed by atoms with Crippen molar-refractivity contribution >= 4 is 32.4 Å². The number of aromatic nitrogens is 4. The molecule has 0 unspecified atom stereocenters. The molecule has 0 bridgehead atoms. The zero-order chi connectivity index (χ0) is 22.3. The third kappa shape index (κ3) is 3.44. The summed E-state index contributed by atoms with van der Waals surface area (Å²) in [6.07, 6.45) is 0. The Morgan fingerprint density at radius 1 is 1.06 bits per heavy atom. The number of morpholine rings is 1. The number of ether oxygens (including phenoxy) is 1. The van der Waals surface area contributed by atoms with Gasteiger partial charge in [-0.2, -0.15) is 4.31 Å². The normalized spacial score (nSPS) is 15.4. The largest absolute Gasteiger partial charge is 0.379 e. The van der Waals surface area contributed by atoms with Crippen LogP contribution in [0.3, 0.4) is 0 Å². The SMILES string of the molecule is Cn1c(=O)c2ccccc2n2c(CNc3cccc(S(=O)(=O)N4CCOCC4)c3)nnc12. The molecule has 10 nitrogen and oxygen atoms in total. The molecule has 1 N–H and O–H groups in total. The van der Waals surface area contributed by atoms with Crippen LogP contribution in [0.15, 0.2) is 58.2 Å². The predicted octanol–water partition coefficient (Wildman–Crippen LogP) is 1.21. The van der Waals surface area contributed by atoms with Gasteiger partial charge in [-0.25, -0.2) is 8.42 Å². The van der Waals surface area contributed by atoms with Crippen molar-refractivity contribution < 1.29 is 13.2 Å². The second-order valence-corrected chi connectivity index (χ2v) is 9.47. The van der Waals surface area contributed by atoms with Gasteiger partial charge in [-0.3, -0.25) is 13.8 Å². The van der Waals surface area contributed by atoms with Crippen molar-refractivity contribution in [1.82, 2.24) is 23.5 Å². The van der Waals surface area contributed by atoms with Crippen molar-refractivity contribution in [2.45, 2.75) is 11.4 Å². The third-order valence-electron chi connectivity index (χ3n) is 5.59. The molecular formula is C21H22N6O4S. The number of sulfonamides is 1. The Kier molecular flexibility index (Phi) is 5.16. The van der Waals surface area contributed by atoms with Crippen LogP contribution in [-0.2, 0) is 28.4 Å². The van der Waals surface area contributed by atoms with E-state index in [9.17, 15) is 13.2 Å². The first-order chi connectivity index (χ1) is 15.5. The second-order valence-electron chi connectivity index (χ2n) is 7.53. The van der Waals surface area contributed by atoms with Crippen molar-refractivity contribution in [3.8, 4) is 0 Å². The summed E-state index contributed by atoms with van der Waals surface area (Å²) in [6, 6.07) is 14.0. The van der Waals surface area contributed by atoms with Gasteiger partial charge in [0.2, 0.25) is 15.8 Å². The highest BCUT2D eigenvalue weighted by atomic mass is 32.2. The second kappa shape index (κ2) is 8.01. The summed E-state index contributed by atoms with van der Waals surface area (Å²) in [4.78, 5) is 12.8. The van der Waals surface area contributed by atoms with Crippen molar-refractivity contribution in [1.29, 1.82) is 0 Å². The lowest BCUT2D eigenvalue weighted by molar-refractivity contribution is 0.0730. The van der Waals surface area contributed by atoms with E-state index < -0.39 is 10.0 Å². The highest BCUT2D eigenvalue weighted by molar-refractivity contribution is 7.89. The van der Waals surface area contributed by atoms with Gasteiger partial charge in [-0.05, 0) is 30.3 Å². The Labute approximate surface area is 184 Å². The van der Waals surface area contributed by atoms with Crippen molar-refractivity contribution in [3.05, 3.63) is 64.7 Å². The molecule has 4 aromatic rings. The zero-order valence-corrected chi connectivity index (χ0v) is 18.2. The van der Waals surface area contributed by atoms with Gasteiger partial charge in [-0.15, -0.1) is 10.2 Å². The average Bonchev–Trinajstić information content (AvgIpc) is 3.26. The number of fused-ring (bicyclic) bond motifs is 3. The summed E-state index contributed by atoms with van der Waals surface area (Å²) in [7, 11) is -1.93. The van der Waals surface area contributed by atoms with Crippen LogP contribution in [-0.4, -0.2) is 58.2 Å². The van der Waals surface area contributed by atoms with Gasteiger partial charge in [0.1, 0.15) is 0 Å². The molecule has 0 radical (unpaired) electrons. The molecule has 11 heteroatoms. The molecule has 32 heavy (non-hydrogen) atoms. The number of hydrogen-bond acceptors (Lipinski definition) is 7. The molecule has 0 saturated carbocycles. The van der Waals surface area contributed by atoms with Crippen LogP contribution in [0.4, 0.5) is 5.69 Å². The Bertz CT molecular complexity index is 1470. The smallest absolute Gasteiger partial charge is 0.262 e. The Morgan fingerprint density at radius 2 is 1.84 bits per heavy atom. The van der Waals surface area contributed by atoms with Gasteiger partial charge >= 0.3 is 0 Å². The topological polar surface area (TPSA) is 111 Å². The van der Waals surface area contributed by atoms with E-state index in [4.69, 9.17) is 4.74 Å². The van der Waals surface area contributed by atoms with E-state index >= 15 is 0 Å².